The molecule has 0 aromatic heterocycles. The van der Waals surface area contributed by atoms with Gasteiger partial charge >= 0.3 is 11.9 Å². The van der Waals surface area contributed by atoms with Crippen LogP contribution in [0.1, 0.15) is 131 Å². The Labute approximate surface area is 718 Å². The number of phenols is 3. The van der Waals surface area contributed by atoms with Gasteiger partial charge in [-0.15, -0.1) is 0 Å². The van der Waals surface area contributed by atoms with Crippen LogP contribution in [0, 0.1) is 5.92 Å². The van der Waals surface area contributed by atoms with Crippen molar-refractivity contribution >= 4 is 76.5 Å². The lowest BCUT2D eigenvalue weighted by atomic mass is 9.84. The number of fused-ring (bicyclic) bond motifs is 15. The van der Waals surface area contributed by atoms with Crippen molar-refractivity contribution in [2.45, 2.75) is 213 Å². The Bertz CT molecular complexity index is 5020. The highest BCUT2D eigenvalue weighted by atomic mass is 35.5. The number of benzene rings is 6. The van der Waals surface area contributed by atoms with Crippen LogP contribution in [-0.4, -0.2) is 239 Å². The van der Waals surface area contributed by atoms with E-state index in [2.05, 4.69) is 42.5 Å². The largest absolute Gasteiger partial charge is 0.508 e. The van der Waals surface area contributed by atoms with Crippen molar-refractivity contribution < 1.29 is 142 Å². The number of amides is 7. The summed E-state index contributed by atoms with van der Waals surface area (Å²) >= 11 is 14.6. The van der Waals surface area contributed by atoms with Crippen LogP contribution in [0.15, 0.2) is 109 Å². The molecule has 39 nitrogen and oxygen atoms in total. The number of hydrogen-bond acceptors (Lipinski definition) is 30. The first-order chi connectivity index (χ1) is 58.6. The van der Waals surface area contributed by atoms with E-state index in [1.807, 2.05) is 13.8 Å². The monoisotopic (exact) mass is 1770 g/mol. The Hall–Kier alpha value is -10.7. The molecule has 7 amide bonds. The Balaban J connectivity index is 1.08. The van der Waals surface area contributed by atoms with Crippen LogP contribution in [0.5, 0.6) is 46.0 Å². The number of rotatable bonds is 22. The number of carbonyl (C=O) groups is 9. The molecule has 8 heterocycles. The molecule has 6 aromatic carbocycles. The topological polar surface area (TPSA) is 608 Å². The summed E-state index contributed by atoms with van der Waals surface area (Å²) < 4.78 is 58.3. The number of aliphatic hydroxyl groups is 6. The normalized spacial score (nSPS) is 30.1. The highest BCUT2D eigenvalue weighted by Gasteiger charge is 2.53. The standard InChI is InChI=1S/C83H98Cl2N10O29/c1-33(2)19-46(88-7)73(106)94-63-65(101)38-14-17-50(44(84)21-38)119-52-23-40-24-53(69(52)124-81-70(67(103)66(102)55(31-96)121-81)123-58-29-83(6,72(105)35(4)118-58)89-30-54(79(112)113)116-32-36-11-9-8-10-12-36)120-51-18-15-39(22-45(51)85)68(122-57-28-82(5,87)71(104)34(3)117-57)64-78(111)93-62(80(114)115)43-25-41(97)26-49(99)59(43)42-20-37(13-16-48(42)98)60(75(108)95-64)92-76(109)61(40)91-74(107)47(27-56(86)100)90-77(63)110/h8-18,20-26,33-35,46-47,54-55,57-58,60-68,70-72,81,88-89,96-99,101-105H,19,27-32,87H2,1-7H3,(H2,86,100)(H,90,110)(H,91,107)(H,92,109)(H,93,111)(H,94,106)(H,95,108)(H,112,113)(H,114,115)/t34?,35?,46-,47?,54?,55?,57?,58?,60?,61-,62-,63?,64+,65-,66?,67?,68-,70?,71?,72?,81?,82?,83?/m1/s1. The van der Waals surface area contributed by atoms with Crippen LogP contribution in [0.25, 0.3) is 11.1 Å². The molecule has 14 rings (SSSR count). The van der Waals surface area contributed by atoms with Crippen molar-refractivity contribution in [2.75, 3.05) is 20.2 Å². The number of carboxylic acids is 2. The maximum absolute atomic E-state index is 16.5. The third kappa shape index (κ3) is 20.5. The summed E-state index contributed by atoms with van der Waals surface area (Å²) in [5, 5.41) is 147. The molecular formula is C83H98Cl2N10O29. The second-order valence-electron chi connectivity index (χ2n) is 32.2. The molecule has 23 N–H and O–H groups in total. The second-order valence-corrected chi connectivity index (χ2v) is 33.0. The predicted molar refractivity (Wildman–Crippen MR) is 432 cm³/mol. The van der Waals surface area contributed by atoms with Crippen LogP contribution in [0.4, 0.5) is 0 Å². The average Bonchev–Trinajstić information content (AvgIpc) is 0.763. The van der Waals surface area contributed by atoms with Crippen molar-refractivity contribution in [3.8, 4) is 57.1 Å². The van der Waals surface area contributed by atoms with Gasteiger partial charge in [-0.2, -0.15) is 0 Å². The quantitative estimate of drug-likeness (QED) is 0.0459. The minimum atomic E-state index is -2.43. The molecule has 124 heavy (non-hydrogen) atoms. The molecule has 3 saturated heterocycles. The van der Waals surface area contributed by atoms with Crippen LogP contribution in [0.2, 0.25) is 10.0 Å². The second kappa shape index (κ2) is 38.4. The van der Waals surface area contributed by atoms with E-state index in [9.17, 15) is 75.3 Å². The van der Waals surface area contributed by atoms with E-state index >= 15 is 24.0 Å². The van der Waals surface area contributed by atoms with Crippen LogP contribution >= 0.6 is 23.2 Å². The molecule has 668 valence electrons. The number of nitrogens with two attached hydrogens (primary N) is 2. The average molecular weight is 1770 g/mol. The molecular weight excluding hydrogens is 1670 g/mol. The zero-order chi connectivity index (χ0) is 90.0. The molecule has 41 heteroatoms. The fraction of sp³-hybridized carbons (Fsp3) is 0.458. The van der Waals surface area contributed by atoms with Gasteiger partial charge in [0.15, 0.2) is 42.3 Å². The predicted octanol–water partition coefficient (Wildman–Crippen LogP) is 1.64. The van der Waals surface area contributed by atoms with Crippen LogP contribution in [0.3, 0.4) is 0 Å². The molecule has 0 spiro atoms. The molecule has 8 aliphatic heterocycles. The number of ether oxygens (including phenoxy) is 9. The van der Waals surface area contributed by atoms with Gasteiger partial charge in [-0.25, -0.2) is 9.59 Å². The Morgan fingerprint density at radius 2 is 1.27 bits per heavy atom. The Morgan fingerprint density at radius 1 is 0.661 bits per heavy atom. The van der Waals surface area contributed by atoms with Crippen molar-refractivity contribution in [3.05, 3.63) is 153 Å². The summed E-state index contributed by atoms with van der Waals surface area (Å²) in [6.07, 6.45) is -25.6. The molecule has 3 fully saturated rings. The smallest absolute Gasteiger partial charge is 0.334 e. The number of carbonyl (C=O) groups excluding carboxylic acids is 7. The first-order valence-corrected chi connectivity index (χ1v) is 40.3. The van der Waals surface area contributed by atoms with Gasteiger partial charge in [-0.3, -0.25) is 33.6 Å². The highest BCUT2D eigenvalue weighted by Crippen LogP contribution is 2.51. The molecule has 0 radical (unpaired) electrons. The van der Waals surface area contributed by atoms with Crippen molar-refractivity contribution in [1.29, 1.82) is 0 Å². The van der Waals surface area contributed by atoms with E-state index < -0.39 is 291 Å². The molecule has 0 saturated carbocycles. The molecule has 8 aliphatic rings. The van der Waals surface area contributed by atoms with E-state index in [0.29, 0.717) is 5.56 Å². The van der Waals surface area contributed by atoms with Gasteiger partial charge in [-0.1, -0.05) is 85.6 Å². The number of aromatic hydroxyl groups is 3. The number of aliphatic hydroxyl groups excluding tert-OH is 6. The summed E-state index contributed by atoms with van der Waals surface area (Å²) in [5.74, 6) is -17.9. The molecule has 17 unspecified atom stereocenters. The van der Waals surface area contributed by atoms with E-state index in [1.54, 1.807) is 30.3 Å². The zero-order valence-corrected chi connectivity index (χ0v) is 69.2. The summed E-state index contributed by atoms with van der Waals surface area (Å²) in [6, 6.07) is 7.81. The van der Waals surface area contributed by atoms with Crippen LogP contribution < -0.4 is 68.2 Å². The summed E-state index contributed by atoms with van der Waals surface area (Å²) in [7, 11) is 1.46. The summed E-state index contributed by atoms with van der Waals surface area (Å²) in [5.41, 5.74) is 7.17. The van der Waals surface area contributed by atoms with Gasteiger partial charge in [-0.05, 0) is 129 Å². The van der Waals surface area contributed by atoms with Gasteiger partial charge in [0.2, 0.25) is 53.4 Å². The Morgan fingerprint density at radius 3 is 1.89 bits per heavy atom. The van der Waals surface area contributed by atoms with E-state index in [1.165, 1.54) is 52.9 Å². The lowest BCUT2D eigenvalue weighted by molar-refractivity contribution is -0.334. The number of primary amides is 1. The lowest BCUT2D eigenvalue weighted by Gasteiger charge is -2.48. The van der Waals surface area contributed by atoms with Gasteiger partial charge in [0.25, 0.3) is 0 Å². The number of carboxylic acid groups (broad SMARTS) is 2. The first kappa shape index (κ1) is 92.5. The maximum Gasteiger partial charge on any atom is 0.334 e. The first-order valence-electron chi connectivity index (χ1n) is 39.5. The molecule has 11 bridgehead atoms. The van der Waals surface area contributed by atoms with Crippen LogP contribution in [-0.2, 0) is 78.2 Å². The van der Waals surface area contributed by atoms with Crippen molar-refractivity contribution in [2.24, 2.45) is 17.4 Å². The number of likely N-dealkylation sites (N-methyl/N-ethyl adjacent to an activating group) is 1. The molecule has 0 aliphatic carbocycles. The SMILES string of the molecule is CN[C@H](CC(C)C)C(=O)NC1C(=O)NC(CC(N)=O)C(=O)N[C@H]2C(=O)NC3C(=O)N[C@H](C(=O)N[C@@H](C(=O)O)c4cc(O)cc(O)c4-c4cc3ccc4O)[C@H](OC3CC(C)(N)C(O)C(C)O3)c3ccc(c(Cl)c3)Oc3cc2cc(c3OC2OC(CO)C(O)C(O)C2OC2CC(C)(NCC(OCc3ccccc3)C(=O)O)C(O)C(C)O2)Oc2ccc(cc2Cl)[C@H]1O. The fourth-order valence-corrected chi connectivity index (χ4v) is 16.2. The third-order valence-electron chi connectivity index (χ3n) is 22.4. The molecule has 23 atom stereocenters. The van der Waals surface area contributed by atoms with E-state index in [4.69, 9.17) is 77.3 Å². The number of nitrogens with one attached hydrogen (secondary N) is 8. The van der Waals surface area contributed by atoms with Gasteiger partial charge in [0, 0.05) is 53.2 Å². The summed E-state index contributed by atoms with van der Waals surface area (Å²) in [6.45, 7) is 7.96. The zero-order valence-electron chi connectivity index (χ0n) is 67.7. The number of hydrogen-bond donors (Lipinski definition) is 21. The third-order valence-corrected chi connectivity index (χ3v) is 23.0. The minimum Gasteiger partial charge on any atom is -0.508 e. The molecule has 6 aromatic rings. The number of phenolic OH excluding ortho intramolecular Hbond substituents is 3. The van der Waals surface area contributed by atoms with Gasteiger partial charge in [0.1, 0.15) is 89.5 Å². The number of halogens is 2. The van der Waals surface area contributed by atoms with Gasteiger partial charge < -0.3 is 153 Å². The Kier molecular flexibility index (Phi) is 28.7. The highest BCUT2D eigenvalue weighted by molar-refractivity contribution is 6.32. The lowest BCUT2D eigenvalue weighted by Crippen LogP contribution is -2.66. The minimum absolute atomic E-state index is 0.115. The summed E-state index contributed by atoms with van der Waals surface area (Å²) in [4.78, 5) is 133. The van der Waals surface area contributed by atoms with Crippen molar-refractivity contribution in [3.63, 3.8) is 0 Å². The maximum atomic E-state index is 16.5. The fourth-order valence-electron chi connectivity index (χ4n) is 15.7. The van der Waals surface area contributed by atoms with Crippen molar-refractivity contribution in [1.82, 2.24) is 42.5 Å². The van der Waals surface area contributed by atoms with E-state index in [-0.39, 0.29) is 48.5 Å². The van der Waals surface area contributed by atoms with Gasteiger partial charge in [0.05, 0.1) is 60.1 Å². The van der Waals surface area contributed by atoms with E-state index in [0.717, 1.165) is 60.7 Å². The number of aliphatic carboxylic acids is 2.